The van der Waals surface area contributed by atoms with Gasteiger partial charge >= 0.3 is 5.97 Å². The predicted molar refractivity (Wildman–Crippen MR) is 103 cm³/mol. The summed E-state index contributed by atoms with van der Waals surface area (Å²) in [4.78, 5) is 12.4. The summed E-state index contributed by atoms with van der Waals surface area (Å²) in [6.07, 6.45) is 11.5. The summed E-state index contributed by atoms with van der Waals surface area (Å²) in [6.45, 7) is 2.26. The van der Waals surface area contributed by atoms with Gasteiger partial charge in [0.1, 0.15) is 29.0 Å². The van der Waals surface area contributed by atoms with Crippen LogP contribution in [0.15, 0.2) is 12.1 Å². The summed E-state index contributed by atoms with van der Waals surface area (Å²) in [5, 5.41) is 8.71. The van der Waals surface area contributed by atoms with Crippen LogP contribution in [-0.4, -0.2) is 5.97 Å². The Morgan fingerprint density at radius 3 is 2.07 bits per heavy atom. The topological polar surface area (TPSA) is 50.1 Å². The quantitative estimate of drug-likeness (QED) is 0.448. The van der Waals surface area contributed by atoms with E-state index in [1.807, 2.05) is 0 Å². The van der Waals surface area contributed by atoms with Gasteiger partial charge in [0.15, 0.2) is 0 Å². The zero-order chi connectivity index (χ0) is 20.1. The molecule has 2 aliphatic carbocycles. The van der Waals surface area contributed by atoms with Crippen molar-refractivity contribution in [2.45, 2.75) is 71.1 Å². The highest BCUT2D eigenvalue weighted by atomic mass is 19.1. The predicted octanol–water partition coefficient (Wildman–Crippen LogP) is 6.15. The lowest BCUT2D eigenvalue weighted by Crippen LogP contribution is -2.30. The van der Waals surface area contributed by atoms with Crippen molar-refractivity contribution in [2.24, 2.45) is 23.7 Å². The highest BCUT2D eigenvalue weighted by molar-refractivity contribution is 5.75. The Kier molecular flexibility index (Phi) is 7.04. The third kappa shape index (κ3) is 4.90. The third-order valence-electron chi connectivity index (χ3n) is 6.71. The van der Waals surface area contributed by atoms with Crippen LogP contribution in [-0.2, 0) is 4.79 Å². The van der Waals surface area contributed by atoms with Gasteiger partial charge in [0.05, 0.1) is 5.92 Å². The average molecular weight is 389 g/mol. The van der Waals surface area contributed by atoms with Crippen LogP contribution in [0.5, 0.6) is 5.75 Å². The van der Waals surface area contributed by atoms with Crippen molar-refractivity contribution in [3.63, 3.8) is 0 Å². The molecule has 0 radical (unpaired) electrons. The van der Waals surface area contributed by atoms with E-state index in [0.29, 0.717) is 5.92 Å². The standard InChI is InChI=1S/C23H29F2NO2/c1-2-3-15-4-6-16(7-5-15)17-8-10-18(11-9-17)23(27)28-19-12-21(24)20(14-26)22(25)13-19/h12-13,15-18H,2-11H2,1H3. The fourth-order valence-electron chi connectivity index (χ4n) is 5.10. The molecule has 1 aromatic rings. The van der Waals surface area contributed by atoms with Gasteiger partial charge in [0, 0.05) is 12.1 Å². The number of rotatable bonds is 5. The van der Waals surface area contributed by atoms with Crippen molar-refractivity contribution < 1.29 is 18.3 Å². The molecule has 0 spiro atoms. The van der Waals surface area contributed by atoms with Gasteiger partial charge in [0.2, 0.25) is 0 Å². The Labute approximate surface area is 166 Å². The van der Waals surface area contributed by atoms with E-state index in [2.05, 4.69) is 6.92 Å². The molecule has 2 aliphatic rings. The summed E-state index contributed by atoms with van der Waals surface area (Å²) in [7, 11) is 0. The Bertz CT molecular complexity index is 704. The van der Waals surface area contributed by atoms with Crippen LogP contribution in [0.1, 0.15) is 76.7 Å². The molecule has 3 nitrogen and oxygen atoms in total. The molecule has 0 bridgehead atoms. The second-order valence-corrected chi connectivity index (χ2v) is 8.48. The minimum absolute atomic E-state index is 0.171. The molecular weight excluding hydrogens is 360 g/mol. The van der Waals surface area contributed by atoms with Crippen LogP contribution < -0.4 is 4.74 Å². The Morgan fingerprint density at radius 1 is 1.04 bits per heavy atom. The number of hydrogen-bond donors (Lipinski definition) is 0. The largest absolute Gasteiger partial charge is 0.426 e. The van der Waals surface area contributed by atoms with Crippen LogP contribution in [0.4, 0.5) is 8.78 Å². The first-order valence-electron chi connectivity index (χ1n) is 10.6. The van der Waals surface area contributed by atoms with Gasteiger partial charge in [-0.15, -0.1) is 0 Å². The maximum atomic E-state index is 13.7. The number of benzene rings is 1. The minimum Gasteiger partial charge on any atom is -0.426 e. The van der Waals surface area contributed by atoms with Gasteiger partial charge in [-0.05, 0) is 56.3 Å². The lowest BCUT2D eigenvalue weighted by atomic mass is 9.69. The molecule has 0 amide bonds. The molecule has 5 heteroatoms. The van der Waals surface area contributed by atoms with Crippen molar-refractivity contribution in [1.82, 2.24) is 0 Å². The Morgan fingerprint density at radius 2 is 1.57 bits per heavy atom. The Balaban J connectivity index is 1.49. The lowest BCUT2D eigenvalue weighted by Gasteiger charge is -2.37. The van der Waals surface area contributed by atoms with Crippen LogP contribution in [0.25, 0.3) is 0 Å². The number of nitrogens with zero attached hydrogens (tertiary/aromatic N) is 1. The van der Waals surface area contributed by atoms with Crippen molar-refractivity contribution in [3.05, 3.63) is 29.3 Å². The highest BCUT2D eigenvalue weighted by Crippen LogP contribution is 2.42. The Hall–Kier alpha value is -1.96. The zero-order valence-corrected chi connectivity index (χ0v) is 16.6. The number of esters is 1. The number of carbonyl (C=O) groups is 1. The van der Waals surface area contributed by atoms with Crippen LogP contribution in [0, 0.1) is 46.6 Å². The van der Waals surface area contributed by atoms with Crippen molar-refractivity contribution in [3.8, 4) is 11.8 Å². The van der Waals surface area contributed by atoms with Crippen molar-refractivity contribution in [2.75, 3.05) is 0 Å². The summed E-state index contributed by atoms with van der Waals surface area (Å²) in [6, 6.07) is 3.27. The molecule has 2 saturated carbocycles. The summed E-state index contributed by atoms with van der Waals surface area (Å²) < 4.78 is 32.6. The fourth-order valence-corrected chi connectivity index (χ4v) is 5.10. The molecule has 2 fully saturated rings. The summed E-state index contributed by atoms with van der Waals surface area (Å²) in [5.74, 6) is -0.442. The van der Waals surface area contributed by atoms with Crippen molar-refractivity contribution >= 4 is 5.97 Å². The lowest BCUT2D eigenvalue weighted by molar-refractivity contribution is -0.140. The molecular formula is C23H29F2NO2. The second-order valence-electron chi connectivity index (χ2n) is 8.48. The molecule has 0 aliphatic heterocycles. The van der Waals surface area contributed by atoms with Gasteiger partial charge in [0.25, 0.3) is 0 Å². The minimum atomic E-state index is -1.01. The van der Waals surface area contributed by atoms with E-state index in [9.17, 15) is 13.6 Å². The molecule has 0 heterocycles. The SMILES string of the molecule is CCCC1CCC(C2CCC(C(=O)Oc3cc(F)c(C#N)c(F)c3)CC2)CC1. The van der Waals surface area contributed by atoms with E-state index >= 15 is 0 Å². The molecule has 1 aromatic carbocycles. The third-order valence-corrected chi connectivity index (χ3v) is 6.71. The van der Waals surface area contributed by atoms with Gasteiger partial charge in [-0.3, -0.25) is 4.79 Å². The van der Waals surface area contributed by atoms with Gasteiger partial charge in [-0.2, -0.15) is 5.26 Å². The number of nitriles is 1. The molecule has 0 unspecified atom stereocenters. The smallest absolute Gasteiger partial charge is 0.314 e. The number of hydrogen-bond acceptors (Lipinski definition) is 3. The van der Waals surface area contributed by atoms with Gasteiger partial charge in [-0.1, -0.05) is 32.6 Å². The average Bonchev–Trinajstić information content (AvgIpc) is 2.69. The summed E-state index contributed by atoms with van der Waals surface area (Å²) >= 11 is 0. The van der Waals surface area contributed by atoms with E-state index in [4.69, 9.17) is 10.00 Å². The molecule has 0 N–H and O–H groups in total. The van der Waals surface area contributed by atoms with Crippen LogP contribution in [0.3, 0.4) is 0 Å². The fraction of sp³-hybridized carbons (Fsp3) is 0.652. The molecule has 0 aromatic heterocycles. The molecule has 152 valence electrons. The van der Waals surface area contributed by atoms with Crippen LogP contribution >= 0.6 is 0 Å². The normalized spacial score (nSPS) is 27.8. The first-order valence-corrected chi connectivity index (χ1v) is 10.6. The number of halogens is 2. The number of ether oxygens (including phenoxy) is 1. The molecule has 28 heavy (non-hydrogen) atoms. The molecule has 0 atom stereocenters. The van der Waals surface area contributed by atoms with E-state index < -0.39 is 23.2 Å². The second kappa shape index (κ2) is 9.49. The van der Waals surface area contributed by atoms with Crippen LogP contribution in [0.2, 0.25) is 0 Å². The van der Waals surface area contributed by atoms with E-state index in [1.54, 1.807) is 0 Å². The monoisotopic (exact) mass is 389 g/mol. The maximum absolute atomic E-state index is 13.7. The van der Waals surface area contributed by atoms with E-state index in [-0.39, 0.29) is 11.7 Å². The van der Waals surface area contributed by atoms with Gasteiger partial charge < -0.3 is 4.74 Å². The van der Waals surface area contributed by atoms with E-state index in [1.165, 1.54) is 44.6 Å². The van der Waals surface area contributed by atoms with Crippen molar-refractivity contribution in [1.29, 1.82) is 5.26 Å². The molecule has 0 saturated heterocycles. The summed E-state index contributed by atoms with van der Waals surface area (Å²) in [5.41, 5.74) is -0.658. The number of carbonyl (C=O) groups excluding carboxylic acids is 1. The highest BCUT2D eigenvalue weighted by Gasteiger charge is 2.33. The molecule has 3 rings (SSSR count). The first kappa shape index (κ1) is 20.8. The van der Waals surface area contributed by atoms with Gasteiger partial charge in [-0.25, -0.2) is 8.78 Å². The van der Waals surface area contributed by atoms with E-state index in [0.717, 1.165) is 49.7 Å². The maximum Gasteiger partial charge on any atom is 0.314 e. The zero-order valence-electron chi connectivity index (χ0n) is 16.6. The first-order chi connectivity index (χ1) is 13.5.